The average Bonchev–Trinajstić information content (AvgIpc) is 1.65. The highest BCUT2D eigenvalue weighted by molar-refractivity contribution is 6.31. The first-order chi connectivity index (χ1) is 42.0. The molecule has 0 aliphatic carbocycles. The second-order valence-corrected chi connectivity index (χ2v) is 34.8. The van der Waals surface area contributed by atoms with Crippen LogP contribution in [0.2, 0.25) is 10.0 Å². The number of hydrogen-bond donors (Lipinski definition) is 2. The van der Waals surface area contributed by atoms with E-state index in [1.807, 2.05) is 48.5 Å². The minimum atomic E-state index is -0.467. The minimum absolute atomic E-state index is 0.0768. The molecule has 0 spiro atoms. The van der Waals surface area contributed by atoms with Gasteiger partial charge in [-0.15, -0.1) is 0 Å². The van der Waals surface area contributed by atoms with Crippen molar-refractivity contribution in [3.8, 4) is 56.6 Å². The molecule has 10 rings (SSSR count). The molecule has 0 saturated heterocycles. The summed E-state index contributed by atoms with van der Waals surface area (Å²) in [6, 6.07) is 47.1. The number of aromatic hydroxyl groups is 2. The van der Waals surface area contributed by atoms with Crippen molar-refractivity contribution >= 4 is 66.8 Å². The van der Waals surface area contributed by atoms with E-state index in [4.69, 9.17) is 32.7 Å². The number of nitrogens with zero attached hydrogens (tertiary/aromatic N) is 2. The summed E-state index contributed by atoms with van der Waals surface area (Å²) in [6.07, 6.45) is 2.09. The van der Waals surface area contributed by atoms with Gasteiger partial charge < -0.3 is 28.8 Å². The van der Waals surface area contributed by atoms with E-state index < -0.39 is 10.8 Å². The lowest BCUT2D eigenvalue weighted by Gasteiger charge is -2.36. The Kier molecular flexibility index (Phi) is 17.4. The topological polar surface area (TPSA) is 68.8 Å². The van der Waals surface area contributed by atoms with Crippen LogP contribution in [0.15, 0.2) is 133 Å². The number of phenolic OH excluding ortho intramolecular Hbond substituents is 2. The lowest BCUT2D eigenvalue weighted by Crippen LogP contribution is -2.27. The molecule has 2 aromatic heterocycles. The molecule has 0 amide bonds. The van der Waals surface area contributed by atoms with Gasteiger partial charge in [-0.1, -0.05) is 224 Å². The largest absolute Gasteiger partial charge is 0.505 e. The molecule has 0 unspecified atom stereocenters. The SMILES string of the molecule is CC(C)(C)CC(C)(C)c1cc(-c2cccc(Cl)c2)c(O)c(-n2c3ccc(C(C)(C)C)cc3c3cc(C(C)(C)C)ccc32)c1OCCCOc1c(C(C)(C)CC(C)(C)C)cc(-c2cccc(Cl)c2)c(O)c1-n1c2ccc(C(C)(C)C)cc2c2cc(C(C)(C)C)ccc21. The van der Waals surface area contributed by atoms with Crippen LogP contribution in [0.4, 0.5) is 0 Å². The van der Waals surface area contributed by atoms with Gasteiger partial charge in [-0.25, -0.2) is 0 Å². The van der Waals surface area contributed by atoms with Gasteiger partial charge in [0.05, 0.1) is 35.3 Å². The van der Waals surface area contributed by atoms with Gasteiger partial charge in [0.1, 0.15) is 11.4 Å². The van der Waals surface area contributed by atoms with Crippen molar-refractivity contribution < 1.29 is 19.7 Å². The fraction of sp³-hybridized carbons (Fsp3) is 0.422. The number of halogens is 2. The lowest BCUT2D eigenvalue weighted by atomic mass is 9.71. The molecule has 0 fully saturated rings. The molecule has 91 heavy (non-hydrogen) atoms. The molecule has 2 N–H and O–H groups in total. The number of fused-ring (bicyclic) bond motifs is 6. The third-order valence-electron chi connectivity index (χ3n) is 18.4. The Hall–Kier alpha value is -6.86. The highest BCUT2D eigenvalue weighted by Crippen LogP contribution is 2.55. The van der Waals surface area contributed by atoms with Crippen LogP contribution in [0.3, 0.4) is 0 Å². The van der Waals surface area contributed by atoms with Gasteiger partial charge >= 0.3 is 0 Å². The van der Waals surface area contributed by atoms with E-state index in [0.717, 1.165) is 78.7 Å². The van der Waals surface area contributed by atoms with Gasteiger partial charge in [-0.3, -0.25) is 0 Å². The summed E-state index contributed by atoms with van der Waals surface area (Å²) < 4.78 is 19.5. The molecule has 0 saturated carbocycles. The van der Waals surface area contributed by atoms with Crippen molar-refractivity contribution in [1.82, 2.24) is 9.13 Å². The predicted octanol–water partition coefficient (Wildman–Crippen LogP) is 24.4. The maximum atomic E-state index is 13.5. The van der Waals surface area contributed by atoms with Crippen LogP contribution >= 0.6 is 23.2 Å². The maximum absolute atomic E-state index is 13.5. The summed E-state index contributed by atoms with van der Waals surface area (Å²) in [4.78, 5) is 0. The van der Waals surface area contributed by atoms with Crippen LogP contribution in [0, 0.1) is 10.8 Å². The molecular formula is C83H100Cl2N2O4. The Morgan fingerprint density at radius 1 is 0.363 bits per heavy atom. The van der Waals surface area contributed by atoms with E-state index in [1.165, 1.54) is 22.3 Å². The highest BCUT2D eigenvalue weighted by atomic mass is 35.5. The smallest absolute Gasteiger partial charge is 0.151 e. The lowest BCUT2D eigenvalue weighted by molar-refractivity contribution is 0.229. The molecule has 0 bridgehead atoms. The summed E-state index contributed by atoms with van der Waals surface area (Å²) in [7, 11) is 0. The summed E-state index contributed by atoms with van der Waals surface area (Å²) >= 11 is 13.7. The van der Waals surface area contributed by atoms with Crippen molar-refractivity contribution in [3.63, 3.8) is 0 Å². The number of benzene rings is 8. The minimum Gasteiger partial charge on any atom is -0.505 e. The Labute approximate surface area is 553 Å². The zero-order valence-electron chi connectivity index (χ0n) is 58.6. The molecule has 8 aromatic carbocycles. The summed E-state index contributed by atoms with van der Waals surface area (Å²) in [6.45, 7) is 50.5. The summed E-state index contributed by atoms with van der Waals surface area (Å²) in [5.41, 5.74) is 13.3. The molecule has 6 nitrogen and oxygen atoms in total. The predicted molar refractivity (Wildman–Crippen MR) is 390 cm³/mol. The van der Waals surface area contributed by atoms with Crippen molar-refractivity contribution in [2.75, 3.05) is 13.2 Å². The molecule has 2 heterocycles. The van der Waals surface area contributed by atoms with Crippen LogP contribution in [-0.4, -0.2) is 32.6 Å². The van der Waals surface area contributed by atoms with Crippen LogP contribution in [-0.2, 0) is 32.5 Å². The van der Waals surface area contributed by atoms with Crippen molar-refractivity contribution in [3.05, 3.63) is 177 Å². The van der Waals surface area contributed by atoms with Crippen molar-refractivity contribution in [2.24, 2.45) is 10.8 Å². The Balaban J connectivity index is 1.20. The third-order valence-corrected chi connectivity index (χ3v) is 18.8. The summed E-state index contributed by atoms with van der Waals surface area (Å²) in [5.74, 6) is 1.43. The van der Waals surface area contributed by atoms with Gasteiger partial charge in [-0.2, -0.15) is 0 Å². The molecule has 480 valence electrons. The van der Waals surface area contributed by atoms with Gasteiger partial charge in [0, 0.05) is 60.3 Å². The first-order valence-corrected chi connectivity index (χ1v) is 33.6. The van der Waals surface area contributed by atoms with Crippen molar-refractivity contribution in [2.45, 2.75) is 204 Å². The van der Waals surface area contributed by atoms with Crippen LogP contribution in [0.5, 0.6) is 23.0 Å². The van der Waals surface area contributed by atoms with E-state index in [9.17, 15) is 10.2 Å². The monoisotopic (exact) mass is 1260 g/mol. The molecule has 8 heteroatoms. The maximum Gasteiger partial charge on any atom is 0.151 e. The zero-order chi connectivity index (χ0) is 66.7. The Morgan fingerprint density at radius 3 is 0.901 bits per heavy atom. The molecule has 0 radical (unpaired) electrons. The molecule has 0 aliphatic heterocycles. The molecule has 0 aliphatic rings. The Morgan fingerprint density at radius 2 is 0.648 bits per heavy atom. The van der Waals surface area contributed by atoms with E-state index in [1.54, 1.807) is 0 Å². The van der Waals surface area contributed by atoms with E-state index >= 15 is 0 Å². The fourth-order valence-electron chi connectivity index (χ4n) is 14.4. The van der Waals surface area contributed by atoms with E-state index in [0.29, 0.717) is 50.5 Å². The van der Waals surface area contributed by atoms with Crippen LogP contribution in [0.25, 0.3) is 77.2 Å². The fourth-order valence-corrected chi connectivity index (χ4v) is 14.8. The van der Waals surface area contributed by atoms with E-state index in [2.05, 4.69) is 246 Å². The second kappa shape index (κ2) is 23.6. The quantitative estimate of drug-likeness (QED) is 0.106. The van der Waals surface area contributed by atoms with Crippen LogP contribution < -0.4 is 9.47 Å². The normalized spacial score (nSPS) is 13.4. The summed E-state index contributed by atoms with van der Waals surface area (Å²) in [5, 5.41) is 32.5. The molecule has 10 aromatic rings. The first-order valence-electron chi connectivity index (χ1n) is 32.8. The highest BCUT2D eigenvalue weighted by Gasteiger charge is 2.38. The first kappa shape index (κ1) is 67.0. The number of rotatable bonds is 14. The number of phenols is 2. The Bertz CT molecular complexity index is 4000. The van der Waals surface area contributed by atoms with Gasteiger partial charge in [0.25, 0.3) is 0 Å². The zero-order valence-corrected chi connectivity index (χ0v) is 60.1. The average molecular weight is 1260 g/mol. The molecule has 0 atom stereocenters. The van der Waals surface area contributed by atoms with Gasteiger partial charge in [0.15, 0.2) is 23.0 Å². The van der Waals surface area contributed by atoms with Crippen LogP contribution in [0.1, 0.15) is 205 Å². The third kappa shape index (κ3) is 13.5. The number of aromatic nitrogens is 2. The second-order valence-electron chi connectivity index (χ2n) is 33.9. The van der Waals surface area contributed by atoms with Crippen molar-refractivity contribution in [1.29, 1.82) is 0 Å². The molecular weight excluding hydrogens is 1160 g/mol. The van der Waals surface area contributed by atoms with E-state index in [-0.39, 0.29) is 57.2 Å². The van der Waals surface area contributed by atoms with Gasteiger partial charge in [0.2, 0.25) is 0 Å². The number of hydrogen-bond acceptors (Lipinski definition) is 4. The standard InChI is InChI=1S/C83H100Cl2N2O4/c1-76(2,3)48-82(19,20)64-46-58(50-26-23-28-56(84)40-50)72(88)70(86-66-34-30-52(78(7,8)9)42-60(66)61-43-53(79(10,11)12)31-35-67(61)86)74(64)90-38-25-39-91-75-65(83(21,22)49-77(4,5)6)47-59(51-27-24-29-57(85)41-51)73(89)71(75)87-68-36-32-54(80(13,14)15)44-62(68)63-45-55(81(16,17)18)33-37-69(63)87/h23-24,26-37,40-47,88-89H,25,38-39,48-49H2,1-22H3. The number of ether oxygens (including phenoxy) is 2. The van der Waals surface area contributed by atoms with Gasteiger partial charge in [-0.05, 0) is 174 Å².